The van der Waals surface area contributed by atoms with E-state index < -0.39 is 0 Å². The first kappa shape index (κ1) is 19.2. The summed E-state index contributed by atoms with van der Waals surface area (Å²) in [5.41, 5.74) is 4.70. The summed E-state index contributed by atoms with van der Waals surface area (Å²) in [5, 5.41) is 0. The first-order chi connectivity index (χ1) is 10.1. The molecule has 0 unspecified atom stereocenters. The maximum absolute atomic E-state index is 6.10. The van der Waals surface area contributed by atoms with Gasteiger partial charge in [0.15, 0.2) is 0 Å². The van der Waals surface area contributed by atoms with Gasteiger partial charge in [-0.15, -0.1) is 0 Å². The third kappa shape index (κ3) is 5.26. The van der Waals surface area contributed by atoms with E-state index in [0.717, 1.165) is 11.5 Å². The standard InChI is InChI=1S/C16H18O.2C2H6/c1-11-7-5-8-12(2)15(11)17-16-13(3)9-6-10-14(16)4;2*1-2/h5-10H,1-4H3;2*1-2H3. The Morgan fingerprint density at radius 3 is 1.00 bits per heavy atom. The third-order valence-electron chi connectivity index (χ3n) is 3.02. The van der Waals surface area contributed by atoms with Crippen LogP contribution in [0.1, 0.15) is 49.9 Å². The van der Waals surface area contributed by atoms with Crippen molar-refractivity contribution >= 4 is 0 Å². The van der Waals surface area contributed by atoms with Crippen LogP contribution in [0.2, 0.25) is 0 Å². The van der Waals surface area contributed by atoms with Gasteiger partial charge in [0, 0.05) is 0 Å². The maximum atomic E-state index is 6.10. The van der Waals surface area contributed by atoms with E-state index in [1.54, 1.807) is 0 Å². The number of ether oxygens (including phenoxy) is 1. The molecule has 21 heavy (non-hydrogen) atoms. The van der Waals surface area contributed by atoms with Gasteiger partial charge in [0.05, 0.1) is 0 Å². The summed E-state index contributed by atoms with van der Waals surface area (Å²) < 4.78 is 6.10. The molecule has 0 N–H and O–H groups in total. The zero-order valence-corrected chi connectivity index (χ0v) is 14.9. The van der Waals surface area contributed by atoms with Crippen molar-refractivity contribution in [3.63, 3.8) is 0 Å². The van der Waals surface area contributed by atoms with Crippen LogP contribution in [-0.2, 0) is 0 Å². The zero-order chi connectivity index (χ0) is 16.4. The van der Waals surface area contributed by atoms with Gasteiger partial charge >= 0.3 is 0 Å². The van der Waals surface area contributed by atoms with Crippen molar-refractivity contribution in [2.24, 2.45) is 0 Å². The molecule has 0 heterocycles. The van der Waals surface area contributed by atoms with Crippen molar-refractivity contribution in [1.29, 1.82) is 0 Å². The number of hydrogen-bond acceptors (Lipinski definition) is 1. The Morgan fingerprint density at radius 1 is 0.524 bits per heavy atom. The maximum Gasteiger partial charge on any atom is 0.133 e. The average molecular weight is 286 g/mol. The molecule has 2 rings (SSSR count). The highest BCUT2D eigenvalue weighted by molar-refractivity contribution is 5.47. The lowest BCUT2D eigenvalue weighted by Crippen LogP contribution is -1.94. The summed E-state index contributed by atoms with van der Waals surface area (Å²) in [6.07, 6.45) is 0. The molecule has 0 aliphatic rings. The second-order valence-corrected chi connectivity index (χ2v) is 4.54. The van der Waals surface area contributed by atoms with Gasteiger partial charge in [0.1, 0.15) is 11.5 Å². The Morgan fingerprint density at radius 2 is 0.762 bits per heavy atom. The number of aryl methyl sites for hydroxylation is 4. The minimum Gasteiger partial charge on any atom is -0.456 e. The van der Waals surface area contributed by atoms with Crippen molar-refractivity contribution in [1.82, 2.24) is 0 Å². The highest BCUT2D eigenvalue weighted by Gasteiger charge is 2.08. The average Bonchev–Trinajstić information content (AvgIpc) is 2.50. The molecule has 0 saturated heterocycles. The smallest absolute Gasteiger partial charge is 0.133 e. The fourth-order valence-corrected chi connectivity index (χ4v) is 2.02. The topological polar surface area (TPSA) is 9.23 Å². The molecule has 0 radical (unpaired) electrons. The second-order valence-electron chi connectivity index (χ2n) is 4.54. The van der Waals surface area contributed by atoms with Crippen LogP contribution in [0.15, 0.2) is 36.4 Å². The first-order valence-corrected chi connectivity index (χ1v) is 7.90. The monoisotopic (exact) mass is 286 g/mol. The Balaban J connectivity index is 0.000000921. The molecule has 0 saturated carbocycles. The van der Waals surface area contributed by atoms with Crippen molar-refractivity contribution in [3.8, 4) is 11.5 Å². The SMILES string of the molecule is CC.CC.Cc1cccc(C)c1Oc1c(C)cccc1C. The van der Waals surface area contributed by atoms with Gasteiger partial charge < -0.3 is 4.74 Å². The van der Waals surface area contributed by atoms with Gasteiger partial charge in [0.25, 0.3) is 0 Å². The minimum absolute atomic E-state index is 0.977. The molecular formula is C20H30O. The predicted octanol–water partition coefficient (Wildman–Crippen LogP) is 6.76. The minimum atomic E-state index is 0.977. The van der Waals surface area contributed by atoms with Gasteiger partial charge in [-0.25, -0.2) is 0 Å². The van der Waals surface area contributed by atoms with Crippen LogP contribution in [-0.4, -0.2) is 0 Å². The van der Waals surface area contributed by atoms with E-state index in [-0.39, 0.29) is 0 Å². The summed E-state index contributed by atoms with van der Waals surface area (Å²) >= 11 is 0. The first-order valence-electron chi connectivity index (χ1n) is 7.90. The van der Waals surface area contributed by atoms with Crippen LogP contribution in [0, 0.1) is 27.7 Å². The van der Waals surface area contributed by atoms with Gasteiger partial charge in [0.2, 0.25) is 0 Å². The quantitative estimate of drug-likeness (QED) is 0.592. The van der Waals surface area contributed by atoms with Crippen LogP contribution in [0.4, 0.5) is 0 Å². The summed E-state index contributed by atoms with van der Waals surface area (Å²) in [7, 11) is 0. The van der Waals surface area contributed by atoms with Gasteiger partial charge in [-0.1, -0.05) is 64.1 Å². The molecule has 2 aromatic rings. The summed E-state index contributed by atoms with van der Waals surface area (Å²) in [6.45, 7) is 16.3. The summed E-state index contributed by atoms with van der Waals surface area (Å²) in [4.78, 5) is 0. The Kier molecular flexibility index (Phi) is 9.20. The molecule has 0 amide bonds. The van der Waals surface area contributed by atoms with Crippen molar-refractivity contribution in [2.45, 2.75) is 55.4 Å². The Bertz CT molecular complexity index is 452. The van der Waals surface area contributed by atoms with Gasteiger partial charge in [-0.05, 0) is 49.9 Å². The van der Waals surface area contributed by atoms with Gasteiger partial charge in [-0.2, -0.15) is 0 Å². The summed E-state index contributed by atoms with van der Waals surface area (Å²) in [5.74, 6) is 1.95. The van der Waals surface area contributed by atoms with Crippen molar-refractivity contribution < 1.29 is 4.74 Å². The largest absolute Gasteiger partial charge is 0.456 e. The fraction of sp³-hybridized carbons (Fsp3) is 0.400. The lowest BCUT2D eigenvalue weighted by molar-refractivity contribution is 0.468. The van der Waals surface area contributed by atoms with Crippen LogP contribution in [0.3, 0.4) is 0 Å². The van der Waals surface area contributed by atoms with E-state index in [9.17, 15) is 0 Å². The number of rotatable bonds is 2. The third-order valence-corrected chi connectivity index (χ3v) is 3.02. The molecule has 0 fully saturated rings. The molecular weight excluding hydrogens is 256 g/mol. The molecule has 0 spiro atoms. The van der Waals surface area contributed by atoms with Crippen LogP contribution >= 0.6 is 0 Å². The van der Waals surface area contributed by atoms with Crippen molar-refractivity contribution in [3.05, 3.63) is 58.7 Å². The van der Waals surface area contributed by atoms with Crippen molar-refractivity contribution in [2.75, 3.05) is 0 Å². The fourth-order valence-electron chi connectivity index (χ4n) is 2.02. The predicted molar refractivity (Wildman–Crippen MR) is 94.6 cm³/mol. The van der Waals surface area contributed by atoms with E-state index >= 15 is 0 Å². The van der Waals surface area contributed by atoms with Crippen LogP contribution in [0.25, 0.3) is 0 Å². The lowest BCUT2D eigenvalue weighted by atomic mass is 10.1. The van der Waals surface area contributed by atoms with E-state index in [0.29, 0.717) is 0 Å². The highest BCUT2D eigenvalue weighted by Crippen LogP contribution is 2.32. The molecule has 1 nitrogen and oxygen atoms in total. The van der Waals surface area contributed by atoms with E-state index in [2.05, 4.69) is 64.1 Å². The van der Waals surface area contributed by atoms with Gasteiger partial charge in [-0.3, -0.25) is 0 Å². The van der Waals surface area contributed by atoms with E-state index in [4.69, 9.17) is 4.74 Å². The lowest BCUT2D eigenvalue weighted by Gasteiger charge is -2.15. The molecule has 1 heteroatoms. The number of hydrogen-bond donors (Lipinski definition) is 0. The van der Waals surface area contributed by atoms with Crippen LogP contribution < -0.4 is 4.74 Å². The molecule has 0 aliphatic carbocycles. The number of para-hydroxylation sites is 2. The Labute approximate surface area is 131 Å². The van der Waals surface area contributed by atoms with E-state index in [1.807, 2.05) is 27.7 Å². The molecule has 0 atom stereocenters. The normalized spacial score (nSPS) is 8.95. The molecule has 0 aliphatic heterocycles. The molecule has 2 aromatic carbocycles. The van der Waals surface area contributed by atoms with E-state index in [1.165, 1.54) is 22.3 Å². The molecule has 116 valence electrons. The summed E-state index contributed by atoms with van der Waals surface area (Å²) in [6, 6.07) is 12.4. The number of benzene rings is 2. The Hall–Kier alpha value is -1.76. The van der Waals surface area contributed by atoms with Crippen LogP contribution in [0.5, 0.6) is 11.5 Å². The highest BCUT2D eigenvalue weighted by atomic mass is 16.5. The molecule has 0 aromatic heterocycles. The second kappa shape index (κ2) is 10.0. The molecule has 0 bridgehead atoms. The zero-order valence-electron chi connectivity index (χ0n) is 14.9.